The molecule has 1 fully saturated rings. The Morgan fingerprint density at radius 2 is 2.16 bits per heavy atom. The van der Waals surface area contributed by atoms with Gasteiger partial charge in [0, 0.05) is 6.54 Å². The van der Waals surface area contributed by atoms with Crippen molar-refractivity contribution >= 4 is 5.91 Å². The smallest absolute Gasteiger partial charge is 0.223 e. The maximum atomic E-state index is 11.6. The van der Waals surface area contributed by atoms with E-state index in [0.29, 0.717) is 39.4 Å². The van der Waals surface area contributed by atoms with Gasteiger partial charge in [-0.15, -0.1) is 0 Å². The van der Waals surface area contributed by atoms with Gasteiger partial charge >= 0.3 is 0 Å². The van der Waals surface area contributed by atoms with Gasteiger partial charge in [0.25, 0.3) is 0 Å². The van der Waals surface area contributed by atoms with Crippen molar-refractivity contribution in [2.24, 2.45) is 0 Å². The van der Waals surface area contributed by atoms with E-state index in [9.17, 15) is 4.79 Å². The van der Waals surface area contributed by atoms with E-state index in [-0.39, 0.29) is 12.0 Å². The van der Waals surface area contributed by atoms with Crippen LogP contribution in [0.2, 0.25) is 0 Å². The molecule has 104 valence electrons. The van der Waals surface area contributed by atoms with Gasteiger partial charge in [-0.2, -0.15) is 0 Å². The summed E-state index contributed by atoms with van der Waals surface area (Å²) in [6, 6.07) is 9.45. The number of rotatable bonds is 6. The summed E-state index contributed by atoms with van der Waals surface area (Å²) in [5, 5.41) is 2.81. The zero-order valence-electron chi connectivity index (χ0n) is 10.8. The van der Waals surface area contributed by atoms with Crippen molar-refractivity contribution in [2.75, 3.05) is 33.0 Å². The lowest BCUT2D eigenvalue weighted by Crippen LogP contribution is -2.40. The van der Waals surface area contributed by atoms with Crippen LogP contribution in [0, 0.1) is 0 Å². The monoisotopic (exact) mass is 265 g/mol. The largest absolute Gasteiger partial charge is 0.493 e. The van der Waals surface area contributed by atoms with Crippen LogP contribution in [-0.4, -0.2) is 45.0 Å². The van der Waals surface area contributed by atoms with Gasteiger partial charge in [-0.25, -0.2) is 0 Å². The molecule has 0 aromatic heterocycles. The van der Waals surface area contributed by atoms with Gasteiger partial charge in [0.05, 0.1) is 39.0 Å². The molecule has 0 saturated carbocycles. The molecule has 0 aliphatic carbocycles. The van der Waals surface area contributed by atoms with Gasteiger partial charge in [0.1, 0.15) is 5.75 Å². The van der Waals surface area contributed by atoms with E-state index in [1.807, 2.05) is 30.3 Å². The Kier molecular flexibility index (Phi) is 5.65. The molecule has 1 atom stereocenters. The predicted octanol–water partition coefficient (Wildman–Crippen LogP) is 0.987. The van der Waals surface area contributed by atoms with E-state index >= 15 is 0 Å². The molecule has 1 aliphatic heterocycles. The van der Waals surface area contributed by atoms with Crippen molar-refractivity contribution in [2.45, 2.75) is 12.5 Å². The first-order valence-corrected chi connectivity index (χ1v) is 6.48. The quantitative estimate of drug-likeness (QED) is 0.833. The van der Waals surface area contributed by atoms with Crippen LogP contribution in [0.1, 0.15) is 6.42 Å². The zero-order valence-corrected chi connectivity index (χ0v) is 10.8. The summed E-state index contributed by atoms with van der Waals surface area (Å²) in [6.07, 6.45) is 0.301. The van der Waals surface area contributed by atoms with Crippen molar-refractivity contribution < 1.29 is 19.0 Å². The third kappa shape index (κ3) is 5.28. The molecule has 5 heteroatoms. The number of hydrogen-bond acceptors (Lipinski definition) is 4. The molecule has 1 aliphatic rings. The standard InChI is InChI=1S/C14H19NO4/c16-14(15-10-13-11-17-8-9-19-13)6-7-18-12-4-2-1-3-5-12/h1-5,13H,6-11H2,(H,15,16). The van der Waals surface area contributed by atoms with Crippen molar-refractivity contribution in [1.29, 1.82) is 0 Å². The first kappa shape index (κ1) is 13.8. The van der Waals surface area contributed by atoms with E-state index in [1.165, 1.54) is 0 Å². The fourth-order valence-corrected chi connectivity index (χ4v) is 1.75. The third-order valence-electron chi connectivity index (χ3n) is 2.75. The van der Waals surface area contributed by atoms with Gasteiger partial charge in [-0.1, -0.05) is 18.2 Å². The highest BCUT2D eigenvalue weighted by Crippen LogP contribution is 2.08. The summed E-state index contributed by atoms with van der Waals surface area (Å²) in [6.45, 7) is 2.63. The number of para-hydroxylation sites is 1. The molecule has 1 unspecified atom stereocenters. The third-order valence-corrected chi connectivity index (χ3v) is 2.75. The second-order valence-electron chi connectivity index (χ2n) is 4.28. The Morgan fingerprint density at radius 3 is 2.89 bits per heavy atom. The average molecular weight is 265 g/mol. The number of benzene rings is 1. The van der Waals surface area contributed by atoms with Crippen molar-refractivity contribution in [1.82, 2.24) is 5.32 Å². The molecular formula is C14H19NO4. The lowest BCUT2D eigenvalue weighted by molar-refractivity contribution is -0.124. The Bertz CT molecular complexity index is 376. The van der Waals surface area contributed by atoms with Gasteiger partial charge in [0.2, 0.25) is 5.91 Å². The van der Waals surface area contributed by atoms with Crippen LogP contribution in [0.3, 0.4) is 0 Å². The van der Waals surface area contributed by atoms with E-state index < -0.39 is 0 Å². The molecule has 1 aromatic carbocycles. The average Bonchev–Trinajstić information content (AvgIpc) is 2.47. The van der Waals surface area contributed by atoms with E-state index in [4.69, 9.17) is 14.2 Å². The van der Waals surface area contributed by atoms with E-state index in [0.717, 1.165) is 5.75 Å². The number of amides is 1. The molecular weight excluding hydrogens is 246 g/mol. The minimum atomic E-state index is -0.0369. The van der Waals surface area contributed by atoms with E-state index in [1.54, 1.807) is 0 Å². The summed E-state index contributed by atoms with van der Waals surface area (Å²) in [4.78, 5) is 11.6. The first-order valence-electron chi connectivity index (χ1n) is 6.48. The SMILES string of the molecule is O=C(CCOc1ccccc1)NCC1COCCO1. The van der Waals surface area contributed by atoms with Gasteiger partial charge in [-0.3, -0.25) is 4.79 Å². The minimum absolute atomic E-state index is 0.0345. The maximum absolute atomic E-state index is 11.6. The van der Waals surface area contributed by atoms with Crippen molar-refractivity contribution in [3.05, 3.63) is 30.3 Å². The Hall–Kier alpha value is -1.59. The molecule has 1 saturated heterocycles. The Morgan fingerprint density at radius 1 is 1.32 bits per heavy atom. The van der Waals surface area contributed by atoms with Crippen LogP contribution in [0.5, 0.6) is 5.75 Å². The van der Waals surface area contributed by atoms with Crippen molar-refractivity contribution in [3.8, 4) is 5.75 Å². The Balaban J connectivity index is 1.57. The van der Waals surface area contributed by atoms with Gasteiger partial charge in [0.15, 0.2) is 0 Å². The Labute approximate surface area is 112 Å². The van der Waals surface area contributed by atoms with Crippen LogP contribution in [-0.2, 0) is 14.3 Å². The van der Waals surface area contributed by atoms with Crippen LogP contribution >= 0.6 is 0 Å². The highest BCUT2D eigenvalue weighted by atomic mass is 16.6. The molecule has 2 rings (SSSR count). The molecule has 5 nitrogen and oxygen atoms in total. The number of carbonyl (C=O) groups excluding carboxylic acids is 1. The second-order valence-corrected chi connectivity index (χ2v) is 4.28. The molecule has 1 amide bonds. The second kappa shape index (κ2) is 7.76. The molecule has 0 bridgehead atoms. The summed E-state index contributed by atoms with van der Waals surface area (Å²) in [5.41, 5.74) is 0. The fourth-order valence-electron chi connectivity index (χ4n) is 1.75. The fraction of sp³-hybridized carbons (Fsp3) is 0.500. The first-order chi connectivity index (χ1) is 9.34. The summed E-state index contributed by atoms with van der Waals surface area (Å²) in [5.74, 6) is 0.740. The number of carbonyl (C=O) groups is 1. The highest BCUT2D eigenvalue weighted by Gasteiger charge is 2.14. The van der Waals surface area contributed by atoms with Crippen LogP contribution in [0.25, 0.3) is 0 Å². The molecule has 19 heavy (non-hydrogen) atoms. The van der Waals surface area contributed by atoms with Gasteiger partial charge < -0.3 is 19.5 Å². The van der Waals surface area contributed by atoms with Crippen LogP contribution in [0.4, 0.5) is 0 Å². The topological polar surface area (TPSA) is 56.8 Å². The summed E-state index contributed by atoms with van der Waals surface area (Å²) < 4.78 is 16.1. The van der Waals surface area contributed by atoms with E-state index in [2.05, 4.69) is 5.32 Å². The highest BCUT2D eigenvalue weighted by molar-refractivity contribution is 5.76. The minimum Gasteiger partial charge on any atom is -0.493 e. The number of ether oxygens (including phenoxy) is 3. The number of hydrogen-bond donors (Lipinski definition) is 1. The summed E-state index contributed by atoms with van der Waals surface area (Å²) in [7, 11) is 0. The normalized spacial score (nSPS) is 18.8. The zero-order chi connectivity index (χ0) is 13.3. The predicted molar refractivity (Wildman–Crippen MR) is 70.1 cm³/mol. The lowest BCUT2D eigenvalue weighted by Gasteiger charge is -2.23. The van der Waals surface area contributed by atoms with Gasteiger partial charge in [-0.05, 0) is 12.1 Å². The number of nitrogens with one attached hydrogen (secondary N) is 1. The van der Waals surface area contributed by atoms with Crippen LogP contribution < -0.4 is 10.1 Å². The molecule has 0 radical (unpaired) electrons. The molecule has 1 aromatic rings. The lowest BCUT2D eigenvalue weighted by atomic mass is 10.3. The molecule has 1 N–H and O–H groups in total. The molecule has 1 heterocycles. The molecule has 0 spiro atoms. The summed E-state index contributed by atoms with van der Waals surface area (Å²) >= 11 is 0. The van der Waals surface area contributed by atoms with Crippen LogP contribution in [0.15, 0.2) is 30.3 Å². The van der Waals surface area contributed by atoms with Crippen molar-refractivity contribution in [3.63, 3.8) is 0 Å². The maximum Gasteiger partial charge on any atom is 0.223 e.